The van der Waals surface area contributed by atoms with E-state index in [1.807, 2.05) is 42.5 Å². The predicted molar refractivity (Wildman–Crippen MR) is 101 cm³/mol. The first-order valence-electron chi connectivity index (χ1n) is 8.60. The quantitative estimate of drug-likeness (QED) is 0.572. The lowest BCUT2D eigenvalue weighted by atomic mass is 10.0. The summed E-state index contributed by atoms with van der Waals surface area (Å²) in [5.74, 6) is -0.331. The first-order chi connectivity index (χ1) is 12.7. The highest BCUT2D eigenvalue weighted by atomic mass is 19.1. The molecule has 26 heavy (non-hydrogen) atoms. The van der Waals surface area contributed by atoms with Crippen LogP contribution in [0.25, 0.3) is 21.7 Å². The third-order valence-corrected chi connectivity index (χ3v) is 4.52. The minimum Gasteiger partial charge on any atom is -0.464 e. The summed E-state index contributed by atoms with van der Waals surface area (Å²) in [6.07, 6.45) is 2.51. The van der Waals surface area contributed by atoms with E-state index < -0.39 is 0 Å². The Hall–Kier alpha value is -3.14. The van der Waals surface area contributed by atoms with Crippen molar-refractivity contribution in [3.63, 3.8) is 0 Å². The van der Waals surface area contributed by atoms with Gasteiger partial charge in [-0.1, -0.05) is 42.5 Å². The molecular formula is C22H18FNO2. The Morgan fingerprint density at radius 2 is 1.92 bits per heavy atom. The molecule has 130 valence electrons. The summed E-state index contributed by atoms with van der Waals surface area (Å²) in [6.45, 7) is 0.471. The first kappa shape index (κ1) is 16.3. The Kier molecular flexibility index (Phi) is 4.40. The van der Waals surface area contributed by atoms with Gasteiger partial charge in [0.05, 0.1) is 12.7 Å². The highest BCUT2D eigenvalue weighted by molar-refractivity contribution is 6.08. The van der Waals surface area contributed by atoms with Gasteiger partial charge in [-0.05, 0) is 41.0 Å². The second-order valence-corrected chi connectivity index (χ2v) is 6.33. The topological polar surface area (TPSA) is 42.2 Å². The van der Waals surface area contributed by atoms with Crippen LogP contribution in [0.2, 0.25) is 0 Å². The average molecular weight is 347 g/mol. The molecule has 1 N–H and O–H groups in total. The average Bonchev–Trinajstić information content (AvgIpc) is 3.05. The standard InChI is InChI=1S/C22H18FNO2/c23-18-6-3-4-15(12-18)10-11-24-21(25)13-17-14-26-20-9-8-16-5-1-2-7-19(16)22(17)20/h1-9,12,14H,10-11,13H2,(H,24,25). The van der Waals surface area contributed by atoms with Gasteiger partial charge in [-0.2, -0.15) is 0 Å². The van der Waals surface area contributed by atoms with Crippen molar-refractivity contribution in [3.05, 3.63) is 83.9 Å². The van der Waals surface area contributed by atoms with E-state index in [4.69, 9.17) is 4.42 Å². The van der Waals surface area contributed by atoms with Crippen molar-refractivity contribution in [2.75, 3.05) is 6.54 Å². The van der Waals surface area contributed by atoms with Crippen molar-refractivity contribution in [2.24, 2.45) is 0 Å². The summed E-state index contributed by atoms with van der Waals surface area (Å²) in [7, 11) is 0. The predicted octanol–water partition coefficient (Wildman–Crippen LogP) is 4.63. The summed E-state index contributed by atoms with van der Waals surface area (Å²) < 4.78 is 18.8. The molecule has 0 aliphatic heterocycles. The van der Waals surface area contributed by atoms with Crippen LogP contribution in [0.4, 0.5) is 4.39 Å². The van der Waals surface area contributed by atoms with Gasteiger partial charge in [0.2, 0.25) is 5.91 Å². The van der Waals surface area contributed by atoms with Crippen LogP contribution in [-0.2, 0) is 17.6 Å². The van der Waals surface area contributed by atoms with E-state index >= 15 is 0 Å². The van der Waals surface area contributed by atoms with Gasteiger partial charge in [-0.15, -0.1) is 0 Å². The second kappa shape index (κ2) is 7.00. The molecule has 0 aliphatic carbocycles. The lowest BCUT2D eigenvalue weighted by molar-refractivity contribution is -0.120. The lowest BCUT2D eigenvalue weighted by Gasteiger charge is -2.06. The second-order valence-electron chi connectivity index (χ2n) is 6.33. The molecule has 0 fully saturated rings. The van der Waals surface area contributed by atoms with Gasteiger partial charge in [0.25, 0.3) is 0 Å². The molecule has 0 bridgehead atoms. The van der Waals surface area contributed by atoms with Gasteiger partial charge in [-0.25, -0.2) is 4.39 Å². The van der Waals surface area contributed by atoms with Crippen molar-refractivity contribution in [1.29, 1.82) is 0 Å². The molecule has 0 atom stereocenters. The molecule has 0 saturated carbocycles. The number of fused-ring (bicyclic) bond motifs is 3. The zero-order chi connectivity index (χ0) is 17.9. The number of amides is 1. The van der Waals surface area contributed by atoms with Crippen LogP contribution in [0.3, 0.4) is 0 Å². The molecule has 4 rings (SSSR count). The van der Waals surface area contributed by atoms with Gasteiger partial charge in [0, 0.05) is 17.5 Å². The summed E-state index contributed by atoms with van der Waals surface area (Å²) in [4.78, 5) is 12.3. The monoisotopic (exact) mass is 347 g/mol. The van der Waals surface area contributed by atoms with Crippen LogP contribution in [0.1, 0.15) is 11.1 Å². The van der Waals surface area contributed by atoms with Crippen molar-refractivity contribution in [3.8, 4) is 0 Å². The molecule has 0 aliphatic rings. The Bertz CT molecular complexity index is 1080. The van der Waals surface area contributed by atoms with Crippen molar-refractivity contribution in [1.82, 2.24) is 5.32 Å². The number of carbonyl (C=O) groups excluding carboxylic acids is 1. The van der Waals surface area contributed by atoms with Crippen LogP contribution in [-0.4, -0.2) is 12.5 Å². The molecule has 1 aromatic heterocycles. The maximum Gasteiger partial charge on any atom is 0.224 e. The Morgan fingerprint density at radius 3 is 2.81 bits per heavy atom. The number of nitrogens with one attached hydrogen (secondary N) is 1. The smallest absolute Gasteiger partial charge is 0.224 e. The highest BCUT2D eigenvalue weighted by Crippen LogP contribution is 2.30. The van der Waals surface area contributed by atoms with E-state index in [-0.39, 0.29) is 18.1 Å². The minimum atomic E-state index is -0.259. The van der Waals surface area contributed by atoms with Gasteiger partial charge >= 0.3 is 0 Å². The fraction of sp³-hybridized carbons (Fsp3) is 0.136. The molecule has 0 unspecified atom stereocenters. The van der Waals surface area contributed by atoms with Crippen molar-refractivity contribution < 1.29 is 13.6 Å². The third-order valence-electron chi connectivity index (χ3n) is 4.52. The number of furan rings is 1. The zero-order valence-electron chi connectivity index (χ0n) is 14.2. The summed E-state index contributed by atoms with van der Waals surface area (Å²) in [5, 5.41) is 6.09. The fourth-order valence-electron chi connectivity index (χ4n) is 3.28. The lowest BCUT2D eigenvalue weighted by Crippen LogP contribution is -2.27. The summed E-state index contributed by atoms with van der Waals surface area (Å²) in [6, 6.07) is 18.4. The molecule has 4 aromatic rings. The number of carbonyl (C=O) groups is 1. The first-order valence-corrected chi connectivity index (χ1v) is 8.60. The highest BCUT2D eigenvalue weighted by Gasteiger charge is 2.13. The number of halogens is 1. The Balaban J connectivity index is 1.47. The molecule has 0 spiro atoms. The summed E-state index contributed by atoms with van der Waals surface area (Å²) >= 11 is 0. The molecular weight excluding hydrogens is 329 g/mol. The van der Waals surface area contributed by atoms with Crippen LogP contribution in [0, 0.1) is 5.82 Å². The largest absolute Gasteiger partial charge is 0.464 e. The van der Waals surface area contributed by atoms with Crippen LogP contribution >= 0.6 is 0 Å². The van der Waals surface area contributed by atoms with Crippen molar-refractivity contribution in [2.45, 2.75) is 12.8 Å². The maximum atomic E-state index is 13.2. The zero-order valence-corrected chi connectivity index (χ0v) is 14.2. The SMILES string of the molecule is O=C(Cc1coc2ccc3ccccc3c12)NCCc1cccc(F)c1. The number of hydrogen-bond donors (Lipinski definition) is 1. The molecule has 1 amide bonds. The number of rotatable bonds is 5. The van der Waals surface area contributed by atoms with E-state index in [1.54, 1.807) is 12.3 Å². The molecule has 0 saturated heterocycles. The number of benzene rings is 3. The van der Waals surface area contributed by atoms with Gasteiger partial charge in [0.15, 0.2) is 0 Å². The van der Waals surface area contributed by atoms with Gasteiger partial charge in [-0.3, -0.25) is 4.79 Å². The minimum absolute atomic E-state index is 0.0722. The van der Waals surface area contributed by atoms with Crippen LogP contribution in [0.15, 0.2) is 71.3 Å². The molecule has 4 heteroatoms. The van der Waals surface area contributed by atoms with Crippen LogP contribution in [0.5, 0.6) is 0 Å². The molecule has 3 nitrogen and oxygen atoms in total. The van der Waals surface area contributed by atoms with E-state index in [0.717, 1.165) is 32.9 Å². The van der Waals surface area contributed by atoms with E-state index in [0.29, 0.717) is 13.0 Å². The van der Waals surface area contributed by atoms with E-state index in [9.17, 15) is 9.18 Å². The normalized spacial score (nSPS) is 11.1. The molecule has 1 heterocycles. The fourth-order valence-corrected chi connectivity index (χ4v) is 3.28. The van der Waals surface area contributed by atoms with E-state index in [1.165, 1.54) is 12.1 Å². The Morgan fingerprint density at radius 1 is 1.04 bits per heavy atom. The van der Waals surface area contributed by atoms with Gasteiger partial charge in [0.1, 0.15) is 11.4 Å². The van der Waals surface area contributed by atoms with E-state index in [2.05, 4.69) is 5.32 Å². The van der Waals surface area contributed by atoms with Crippen LogP contribution < -0.4 is 5.32 Å². The van der Waals surface area contributed by atoms with Crippen molar-refractivity contribution >= 4 is 27.6 Å². The Labute approximate surface area is 150 Å². The number of hydrogen-bond acceptors (Lipinski definition) is 2. The van der Waals surface area contributed by atoms with Gasteiger partial charge < -0.3 is 9.73 Å². The third kappa shape index (κ3) is 3.31. The summed E-state index contributed by atoms with van der Waals surface area (Å²) in [5.41, 5.74) is 2.52. The molecule has 3 aromatic carbocycles. The molecule has 0 radical (unpaired) electrons. The maximum absolute atomic E-state index is 13.2.